The second-order valence-electron chi connectivity index (χ2n) is 4.25. The maximum absolute atomic E-state index is 12.2. The van der Waals surface area contributed by atoms with E-state index in [-0.39, 0.29) is 12.5 Å². The van der Waals surface area contributed by atoms with Gasteiger partial charge in [0.15, 0.2) is 6.61 Å². The number of thiophene rings is 1. The predicted octanol–water partition coefficient (Wildman–Crippen LogP) is 3.52. The molecule has 0 atom stereocenters. The van der Waals surface area contributed by atoms with E-state index in [2.05, 4.69) is 5.32 Å². The topological polar surface area (TPSA) is 62.1 Å². The Labute approximate surface area is 121 Å². The van der Waals surface area contributed by atoms with Crippen molar-refractivity contribution in [1.82, 2.24) is 0 Å². The molecule has 0 saturated carbocycles. The van der Waals surface area contributed by atoms with Crippen molar-refractivity contribution in [3.05, 3.63) is 45.6 Å². The molecule has 1 N–H and O–H groups in total. The molecule has 20 heavy (non-hydrogen) atoms. The van der Waals surface area contributed by atoms with Crippen molar-refractivity contribution in [2.24, 2.45) is 0 Å². The van der Waals surface area contributed by atoms with Crippen LogP contribution >= 0.6 is 11.3 Å². The molecule has 0 bridgehead atoms. The van der Waals surface area contributed by atoms with E-state index in [1.807, 2.05) is 26.0 Å². The fourth-order valence-electron chi connectivity index (χ4n) is 1.67. The molecular weight excluding hydrogens is 272 g/mol. The van der Waals surface area contributed by atoms with Gasteiger partial charge in [-0.1, -0.05) is 12.1 Å². The molecule has 0 aliphatic rings. The van der Waals surface area contributed by atoms with Gasteiger partial charge in [0.25, 0.3) is 5.91 Å². The minimum Gasteiger partial charge on any atom is -0.477 e. The minimum atomic E-state index is -0.167. The molecule has 1 aromatic heterocycles. The van der Waals surface area contributed by atoms with Gasteiger partial charge in [0.2, 0.25) is 0 Å². The van der Waals surface area contributed by atoms with Crippen LogP contribution in [0.1, 0.15) is 20.1 Å². The number of rotatable bonds is 4. The molecule has 0 radical (unpaired) electrons. The highest BCUT2D eigenvalue weighted by atomic mass is 32.1. The Hall–Kier alpha value is -2.32. The molecule has 1 amide bonds. The highest BCUT2D eigenvalue weighted by Gasteiger charge is 2.12. The Morgan fingerprint density at radius 2 is 2.15 bits per heavy atom. The third-order valence-corrected chi connectivity index (χ3v) is 3.97. The summed E-state index contributed by atoms with van der Waals surface area (Å²) in [7, 11) is 0. The van der Waals surface area contributed by atoms with Crippen LogP contribution in [-0.4, -0.2) is 12.5 Å². The number of amides is 1. The predicted molar refractivity (Wildman–Crippen MR) is 79.3 cm³/mol. The van der Waals surface area contributed by atoms with E-state index in [1.54, 1.807) is 24.3 Å². The number of anilines is 1. The summed E-state index contributed by atoms with van der Waals surface area (Å²) in [6.45, 7) is 3.91. The lowest BCUT2D eigenvalue weighted by molar-refractivity contribution is 0.103. The van der Waals surface area contributed by atoms with Gasteiger partial charge in [-0.05, 0) is 37.6 Å². The number of ether oxygens (including phenoxy) is 1. The molecule has 5 heteroatoms. The first-order chi connectivity index (χ1) is 9.61. The summed E-state index contributed by atoms with van der Waals surface area (Å²) in [5.74, 6) is 0.326. The first kappa shape index (κ1) is 14.1. The summed E-state index contributed by atoms with van der Waals surface area (Å²) < 4.78 is 5.28. The quantitative estimate of drug-likeness (QED) is 0.935. The maximum Gasteiger partial charge on any atom is 0.265 e. The number of hydrogen-bond acceptors (Lipinski definition) is 4. The Morgan fingerprint density at radius 1 is 1.40 bits per heavy atom. The third-order valence-electron chi connectivity index (χ3n) is 2.82. The molecule has 2 rings (SSSR count). The fourth-order valence-corrected chi connectivity index (χ4v) is 2.60. The molecule has 0 saturated heterocycles. The number of carbonyl (C=O) groups excluding carboxylic acids is 1. The Kier molecular flexibility index (Phi) is 4.38. The average molecular weight is 286 g/mol. The minimum absolute atomic E-state index is 0.0515. The number of para-hydroxylation sites is 2. The van der Waals surface area contributed by atoms with E-state index >= 15 is 0 Å². The lowest BCUT2D eigenvalue weighted by Gasteiger charge is -2.09. The van der Waals surface area contributed by atoms with Gasteiger partial charge in [-0.3, -0.25) is 4.79 Å². The van der Waals surface area contributed by atoms with Crippen LogP contribution in [-0.2, 0) is 0 Å². The van der Waals surface area contributed by atoms with Gasteiger partial charge >= 0.3 is 0 Å². The van der Waals surface area contributed by atoms with E-state index in [1.165, 1.54) is 11.3 Å². The molecule has 0 fully saturated rings. The maximum atomic E-state index is 12.2. The van der Waals surface area contributed by atoms with E-state index in [9.17, 15) is 4.79 Å². The standard InChI is InChI=1S/C15H14N2O2S/c1-10-9-14(20-11(10)2)15(18)17-12-5-3-4-6-13(12)19-8-7-16/h3-6,9H,8H2,1-2H3,(H,17,18). The Balaban J connectivity index is 2.17. The Bertz CT molecular complexity index is 651. The zero-order valence-electron chi connectivity index (χ0n) is 11.3. The number of nitrogens with one attached hydrogen (secondary N) is 1. The zero-order valence-corrected chi connectivity index (χ0v) is 12.1. The molecule has 102 valence electrons. The van der Waals surface area contributed by atoms with Gasteiger partial charge in [-0.15, -0.1) is 11.3 Å². The van der Waals surface area contributed by atoms with Crippen molar-refractivity contribution in [3.8, 4) is 11.8 Å². The van der Waals surface area contributed by atoms with Gasteiger partial charge in [0.05, 0.1) is 10.6 Å². The highest BCUT2D eigenvalue weighted by Crippen LogP contribution is 2.26. The lowest BCUT2D eigenvalue weighted by Crippen LogP contribution is -2.11. The van der Waals surface area contributed by atoms with E-state index in [4.69, 9.17) is 10.00 Å². The highest BCUT2D eigenvalue weighted by molar-refractivity contribution is 7.14. The first-order valence-corrected chi connectivity index (χ1v) is 6.90. The van der Waals surface area contributed by atoms with Crippen molar-refractivity contribution >= 4 is 22.9 Å². The summed E-state index contributed by atoms with van der Waals surface area (Å²) in [5, 5.41) is 11.4. The van der Waals surface area contributed by atoms with Crippen LogP contribution < -0.4 is 10.1 Å². The number of carbonyl (C=O) groups is 1. The van der Waals surface area contributed by atoms with Crippen LogP contribution in [0, 0.1) is 25.2 Å². The second kappa shape index (κ2) is 6.22. The van der Waals surface area contributed by atoms with Gasteiger partial charge in [0.1, 0.15) is 11.8 Å². The molecular formula is C15H14N2O2S. The van der Waals surface area contributed by atoms with Crippen molar-refractivity contribution < 1.29 is 9.53 Å². The summed E-state index contributed by atoms with van der Waals surface area (Å²) in [5.41, 5.74) is 1.67. The molecule has 0 spiro atoms. The van der Waals surface area contributed by atoms with Crippen LogP contribution in [0.25, 0.3) is 0 Å². The van der Waals surface area contributed by atoms with Gasteiger partial charge in [-0.2, -0.15) is 5.26 Å². The molecule has 0 aliphatic carbocycles. The normalized spacial score (nSPS) is 9.85. The van der Waals surface area contributed by atoms with Crippen LogP contribution in [0.2, 0.25) is 0 Å². The number of nitrogens with zero attached hydrogens (tertiary/aromatic N) is 1. The van der Waals surface area contributed by atoms with Gasteiger partial charge in [-0.25, -0.2) is 0 Å². The van der Waals surface area contributed by atoms with Gasteiger partial charge in [0, 0.05) is 4.88 Å². The third kappa shape index (κ3) is 3.16. The molecule has 4 nitrogen and oxygen atoms in total. The largest absolute Gasteiger partial charge is 0.477 e. The monoisotopic (exact) mass is 286 g/mol. The summed E-state index contributed by atoms with van der Waals surface area (Å²) in [6, 6.07) is 10.8. The SMILES string of the molecule is Cc1cc(C(=O)Nc2ccccc2OCC#N)sc1C. The number of hydrogen-bond donors (Lipinski definition) is 1. The number of aryl methyl sites for hydroxylation is 2. The average Bonchev–Trinajstić information content (AvgIpc) is 2.78. The molecule has 2 aromatic rings. The number of benzene rings is 1. The van der Waals surface area contributed by atoms with Crippen molar-refractivity contribution in [2.45, 2.75) is 13.8 Å². The second-order valence-corrected chi connectivity index (χ2v) is 5.50. The summed E-state index contributed by atoms with van der Waals surface area (Å²) in [4.78, 5) is 14.0. The van der Waals surface area contributed by atoms with E-state index in [0.29, 0.717) is 16.3 Å². The first-order valence-electron chi connectivity index (χ1n) is 6.09. The molecule has 1 aromatic carbocycles. The van der Waals surface area contributed by atoms with Crippen LogP contribution in [0.4, 0.5) is 5.69 Å². The smallest absolute Gasteiger partial charge is 0.265 e. The van der Waals surface area contributed by atoms with Crippen LogP contribution in [0.3, 0.4) is 0 Å². The van der Waals surface area contributed by atoms with Gasteiger partial charge < -0.3 is 10.1 Å². The van der Waals surface area contributed by atoms with E-state index in [0.717, 1.165) is 10.4 Å². The van der Waals surface area contributed by atoms with Crippen molar-refractivity contribution in [1.29, 1.82) is 5.26 Å². The molecule has 0 aliphatic heterocycles. The van der Waals surface area contributed by atoms with Crippen LogP contribution in [0.5, 0.6) is 5.75 Å². The van der Waals surface area contributed by atoms with Crippen LogP contribution in [0.15, 0.2) is 30.3 Å². The fraction of sp³-hybridized carbons (Fsp3) is 0.200. The zero-order chi connectivity index (χ0) is 14.5. The Morgan fingerprint density at radius 3 is 2.80 bits per heavy atom. The van der Waals surface area contributed by atoms with E-state index < -0.39 is 0 Å². The number of nitriles is 1. The molecule has 1 heterocycles. The summed E-state index contributed by atoms with van der Waals surface area (Å²) >= 11 is 1.46. The van der Waals surface area contributed by atoms with Crippen molar-refractivity contribution in [3.63, 3.8) is 0 Å². The lowest BCUT2D eigenvalue weighted by atomic mass is 10.2. The molecule has 0 unspecified atom stereocenters. The summed E-state index contributed by atoms with van der Waals surface area (Å²) in [6.07, 6.45) is 0. The van der Waals surface area contributed by atoms with Crippen molar-refractivity contribution in [2.75, 3.05) is 11.9 Å².